The van der Waals surface area contributed by atoms with E-state index < -0.39 is 0 Å². The first-order chi connectivity index (χ1) is 30.5. The molecule has 3 aliphatic rings. The lowest BCUT2D eigenvalue weighted by molar-refractivity contribution is 0.855. The highest BCUT2D eigenvalue weighted by Gasteiger charge is 2.21. The maximum atomic E-state index is 5.23. The number of hydrogen-bond donors (Lipinski definition) is 0. The number of aromatic nitrogens is 4. The van der Waals surface area contributed by atoms with Crippen LogP contribution in [0.1, 0.15) is 76.1 Å². The van der Waals surface area contributed by atoms with Gasteiger partial charge in [-0.3, -0.25) is 4.98 Å². The molecule has 62 heavy (non-hydrogen) atoms. The van der Waals surface area contributed by atoms with Gasteiger partial charge in [-0.25, -0.2) is 15.0 Å². The van der Waals surface area contributed by atoms with Gasteiger partial charge >= 0.3 is 0 Å². The summed E-state index contributed by atoms with van der Waals surface area (Å²) < 4.78 is 0. The Bertz CT molecular complexity index is 3020. The molecule has 0 amide bonds. The molecule has 2 heterocycles. The van der Waals surface area contributed by atoms with Crippen molar-refractivity contribution >= 4 is 33.6 Å². The van der Waals surface area contributed by atoms with Gasteiger partial charge in [-0.05, 0) is 126 Å². The summed E-state index contributed by atoms with van der Waals surface area (Å²) in [6.07, 6.45) is 25.3. The first-order valence-corrected chi connectivity index (χ1v) is 21.8. The van der Waals surface area contributed by atoms with E-state index in [1.807, 2.05) is 12.4 Å². The number of rotatable bonds is 7. The lowest BCUT2D eigenvalue weighted by Gasteiger charge is -2.22. The van der Waals surface area contributed by atoms with Gasteiger partial charge in [-0.2, -0.15) is 0 Å². The fraction of sp³-hybridized carbons (Fsp3) is 0.138. The summed E-state index contributed by atoms with van der Waals surface area (Å²) in [7, 11) is 0. The molecule has 0 saturated carbocycles. The molecule has 4 heteroatoms. The summed E-state index contributed by atoms with van der Waals surface area (Å²) in [5, 5.41) is 2.43. The van der Waals surface area contributed by atoms with Gasteiger partial charge in [0.15, 0.2) is 17.5 Å². The van der Waals surface area contributed by atoms with E-state index in [4.69, 9.17) is 15.0 Å². The Hall–Kier alpha value is -7.30. The molecule has 2 aromatic heterocycles. The highest BCUT2D eigenvalue weighted by Crippen LogP contribution is 2.40. The molecule has 1 atom stereocenters. The molecule has 0 radical (unpaired) electrons. The third kappa shape index (κ3) is 8.25. The summed E-state index contributed by atoms with van der Waals surface area (Å²) in [6.45, 7) is 4.22. The zero-order valence-electron chi connectivity index (χ0n) is 35.3. The Labute approximate surface area is 364 Å². The monoisotopic (exact) mass is 800 g/mol. The molecule has 0 saturated heterocycles. The van der Waals surface area contributed by atoms with Crippen LogP contribution < -0.4 is 0 Å². The molecule has 7 aromatic rings. The van der Waals surface area contributed by atoms with Gasteiger partial charge in [-0.15, -0.1) is 0 Å². The Morgan fingerprint density at radius 3 is 1.90 bits per heavy atom. The highest BCUT2D eigenvalue weighted by molar-refractivity contribution is 5.95. The van der Waals surface area contributed by atoms with Crippen molar-refractivity contribution in [2.45, 2.75) is 51.9 Å². The predicted molar refractivity (Wildman–Crippen MR) is 258 cm³/mol. The van der Waals surface area contributed by atoms with E-state index in [1.54, 1.807) is 0 Å². The number of allylic oxidation sites excluding steroid dienone is 9. The van der Waals surface area contributed by atoms with Gasteiger partial charge in [0.25, 0.3) is 0 Å². The van der Waals surface area contributed by atoms with Crippen LogP contribution in [0, 0.1) is 13.8 Å². The van der Waals surface area contributed by atoms with Crippen LogP contribution in [0.25, 0.3) is 67.7 Å². The third-order valence-electron chi connectivity index (χ3n) is 12.3. The molecule has 5 aromatic carbocycles. The summed E-state index contributed by atoms with van der Waals surface area (Å²) in [6, 6.07) is 47.4. The molecule has 0 bridgehead atoms. The molecule has 1 unspecified atom stereocenters. The molecule has 4 nitrogen and oxygen atoms in total. The van der Waals surface area contributed by atoms with Crippen LogP contribution in [0.4, 0.5) is 0 Å². The number of fused-ring (bicyclic) bond motifs is 2. The average molecular weight is 801 g/mol. The minimum atomic E-state index is 0.171. The van der Waals surface area contributed by atoms with Crippen molar-refractivity contribution in [3.05, 3.63) is 227 Å². The zero-order valence-corrected chi connectivity index (χ0v) is 35.3. The second-order valence-corrected chi connectivity index (χ2v) is 16.6. The minimum Gasteiger partial charge on any atom is -0.264 e. The Morgan fingerprint density at radius 2 is 1.19 bits per heavy atom. The average Bonchev–Trinajstić information content (AvgIpc) is 3.32. The van der Waals surface area contributed by atoms with Crippen molar-refractivity contribution in [3.8, 4) is 34.2 Å². The summed E-state index contributed by atoms with van der Waals surface area (Å²) >= 11 is 0. The fourth-order valence-corrected chi connectivity index (χ4v) is 9.02. The van der Waals surface area contributed by atoms with Crippen LogP contribution in [-0.4, -0.2) is 19.9 Å². The fourth-order valence-electron chi connectivity index (χ4n) is 9.02. The molecule has 0 N–H and O–H groups in total. The molecular weight excluding hydrogens is 753 g/mol. The van der Waals surface area contributed by atoms with Crippen molar-refractivity contribution in [3.63, 3.8) is 0 Å². The quantitative estimate of drug-likeness (QED) is 0.161. The second-order valence-electron chi connectivity index (χ2n) is 16.6. The van der Waals surface area contributed by atoms with E-state index in [0.717, 1.165) is 59.9 Å². The predicted octanol–water partition coefficient (Wildman–Crippen LogP) is 14.5. The van der Waals surface area contributed by atoms with Gasteiger partial charge in [-0.1, -0.05) is 163 Å². The minimum absolute atomic E-state index is 0.171. The van der Waals surface area contributed by atoms with Gasteiger partial charge in [0.1, 0.15) is 0 Å². The molecule has 0 spiro atoms. The Balaban J connectivity index is 1.09. The summed E-state index contributed by atoms with van der Waals surface area (Å²) in [4.78, 5) is 20.2. The zero-order chi connectivity index (χ0) is 41.8. The van der Waals surface area contributed by atoms with E-state index >= 15 is 0 Å². The molecule has 0 fully saturated rings. The van der Waals surface area contributed by atoms with Crippen LogP contribution in [0.2, 0.25) is 0 Å². The number of pyridine rings is 1. The van der Waals surface area contributed by atoms with Crippen LogP contribution in [0.5, 0.6) is 0 Å². The third-order valence-corrected chi connectivity index (χ3v) is 12.3. The lowest BCUT2D eigenvalue weighted by Crippen LogP contribution is -2.05. The number of benzene rings is 4. The Morgan fingerprint density at radius 1 is 0.532 bits per heavy atom. The smallest absolute Gasteiger partial charge is 0.164 e. The van der Waals surface area contributed by atoms with E-state index in [9.17, 15) is 0 Å². The number of nitrogens with zero attached hydrogens (tertiary/aromatic N) is 4. The van der Waals surface area contributed by atoms with Crippen molar-refractivity contribution in [1.29, 1.82) is 0 Å². The van der Waals surface area contributed by atoms with Crippen LogP contribution in [0.15, 0.2) is 182 Å². The van der Waals surface area contributed by atoms with Crippen LogP contribution in [-0.2, 0) is 6.42 Å². The molecule has 3 aliphatic carbocycles. The van der Waals surface area contributed by atoms with E-state index in [2.05, 4.69) is 195 Å². The van der Waals surface area contributed by atoms with E-state index in [1.165, 1.54) is 60.9 Å². The first-order valence-electron chi connectivity index (χ1n) is 21.8. The molecule has 0 aliphatic heterocycles. The van der Waals surface area contributed by atoms with Crippen molar-refractivity contribution in [1.82, 2.24) is 19.9 Å². The summed E-state index contributed by atoms with van der Waals surface area (Å²) in [5.74, 6) is 2.18. The summed E-state index contributed by atoms with van der Waals surface area (Å²) in [5.41, 5.74) is 16.7. The second kappa shape index (κ2) is 17.4. The van der Waals surface area contributed by atoms with Crippen LogP contribution in [0.3, 0.4) is 0 Å². The lowest BCUT2D eigenvalue weighted by atomic mass is 9.83. The van der Waals surface area contributed by atoms with Gasteiger partial charge in [0.05, 0.1) is 0 Å². The maximum absolute atomic E-state index is 5.23. The van der Waals surface area contributed by atoms with Gasteiger partial charge in [0, 0.05) is 40.6 Å². The first kappa shape index (κ1) is 38.9. The largest absolute Gasteiger partial charge is 0.264 e. The topological polar surface area (TPSA) is 51.6 Å². The van der Waals surface area contributed by atoms with Crippen molar-refractivity contribution in [2.24, 2.45) is 0 Å². The standard InChI is InChI=1S/C58H48N4/c1-39-14-12-19-46(32-39)56-60-57(47-20-13-15-40(2)33-47)62-58(61-56)51-35-49(34-50(36-51)42-26-30-45(31-27-42)55-38-59-37-48-18-9-11-23-54(48)55)41-24-28-44(29-25-41)53-21-7-5-3-4-6-16-43-17-8-10-22-52(43)53/h3-8,10-17,19-24,26,28-30,32-38,41H,9,18,25,27,31H2,1-2H3. The van der Waals surface area contributed by atoms with E-state index in [0.29, 0.717) is 17.5 Å². The maximum Gasteiger partial charge on any atom is 0.164 e. The number of hydrogen-bond acceptors (Lipinski definition) is 4. The SMILES string of the molecule is Cc1cccc(-c2nc(-c3cccc(C)c3)nc(-c3cc(C4=CC=C(c5cncc6c5C=CCC6)CC4)cc(C4C=CC(c5cccccccc6ccccc56)=CC4)c3)n2)c1. The van der Waals surface area contributed by atoms with Crippen molar-refractivity contribution < 1.29 is 0 Å². The normalized spacial score (nSPS) is 15.6. The molecule has 10 rings (SSSR count). The van der Waals surface area contributed by atoms with Crippen molar-refractivity contribution in [2.75, 3.05) is 0 Å². The van der Waals surface area contributed by atoms with Gasteiger partial charge < -0.3 is 0 Å². The Kier molecular flexibility index (Phi) is 10.9. The van der Waals surface area contributed by atoms with E-state index in [-0.39, 0.29) is 5.92 Å². The number of aryl methyl sites for hydroxylation is 3. The molecule has 300 valence electrons. The van der Waals surface area contributed by atoms with Crippen LogP contribution >= 0.6 is 0 Å². The molecular formula is C58H48N4. The highest BCUT2D eigenvalue weighted by atomic mass is 15.0. The van der Waals surface area contributed by atoms with Gasteiger partial charge in [0.2, 0.25) is 0 Å².